The van der Waals surface area contributed by atoms with E-state index in [4.69, 9.17) is 0 Å². The fourth-order valence-corrected chi connectivity index (χ4v) is 2.01. The molecule has 0 unspecified atom stereocenters. The second-order valence-electron chi connectivity index (χ2n) is 3.51. The van der Waals surface area contributed by atoms with Gasteiger partial charge < -0.3 is 4.90 Å². The van der Waals surface area contributed by atoms with Crippen LogP contribution in [0.25, 0.3) is 0 Å². The summed E-state index contributed by atoms with van der Waals surface area (Å²) in [5.74, 6) is 0.489. The number of halogens is 2. The van der Waals surface area contributed by atoms with E-state index in [1.807, 2.05) is 36.1 Å². The molecule has 0 bridgehead atoms. The summed E-state index contributed by atoms with van der Waals surface area (Å²) < 4.78 is 14.5. The second kappa shape index (κ2) is 5.27. The lowest BCUT2D eigenvalue weighted by Crippen LogP contribution is -2.18. The van der Waals surface area contributed by atoms with Gasteiger partial charge in [0.15, 0.2) is 0 Å². The fourth-order valence-electron chi connectivity index (χ4n) is 1.67. The molecule has 0 saturated carbocycles. The molecule has 0 aliphatic rings. The molecular weight excluding hydrogens is 283 g/mol. The van der Waals surface area contributed by atoms with E-state index in [1.54, 1.807) is 12.1 Å². The topological polar surface area (TPSA) is 16.1 Å². The van der Waals surface area contributed by atoms with Crippen molar-refractivity contribution in [3.05, 3.63) is 52.9 Å². The Kier molecular flexibility index (Phi) is 3.74. The highest BCUT2D eigenvalue weighted by Gasteiger charge is 2.12. The molecule has 1 aromatic heterocycles. The minimum absolute atomic E-state index is 0.240. The minimum Gasteiger partial charge on any atom is -0.324 e. The van der Waals surface area contributed by atoms with Gasteiger partial charge in [-0.25, -0.2) is 9.37 Å². The van der Waals surface area contributed by atoms with Crippen LogP contribution in [-0.4, -0.2) is 11.5 Å². The Morgan fingerprint density at radius 3 is 2.59 bits per heavy atom. The number of nitrogens with zero attached hydrogens (tertiary/aromatic N) is 2. The molecule has 0 amide bonds. The van der Waals surface area contributed by atoms with Gasteiger partial charge in [0.05, 0.1) is 5.69 Å². The van der Waals surface area contributed by atoms with Crippen LogP contribution in [0, 0.1) is 5.82 Å². The Morgan fingerprint density at radius 1 is 1.18 bits per heavy atom. The Hall–Kier alpha value is -1.42. The predicted molar refractivity (Wildman–Crippen MR) is 71.0 cm³/mol. The summed E-state index contributed by atoms with van der Waals surface area (Å²) in [7, 11) is 0. The van der Waals surface area contributed by atoms with E-state index in [2.05, 4.69) is 20.9 Å². The number of anilines is 2. The summed E-state index contributed by atoms with van der Waals surface area (Å²) in [5.41, 5.74) is 0.542. The molecule has 0 aliphatic heterocycles. The molecule has 2 nitrogen and oxygen atoms in total. The van der Waals surface area contributed by atoms with Gasteiger partial charge in [-0.05, 0) is 47.1 Å². The molecule has 0 N–H and O–H groups in total. The zero-order valence-electron chi connectivity index (χ0n) is 9.40. The van der Waals surface area contributed by atoms with Crippen molar-refractivity contribution in [2.45, 2.75) is 6.92 Å². The van der Waals surface area contributed by atoms with E-state index in [0.29, 0.717) is 12.2 Å². The van der Waals surface area contributed by atoms with Crippen molar-refractivity contribution < 1.29 is 4.39 Å². The van der Waals surface area contributed by atoms with Gasteiger partial charge >= 0.3 is 0 Å². The van der Waals surface area contributed by atoms with Gasteiger partial charge in [-0.1, -0.05) is 18.2 Å². The van der Waals surface area contributed by atoms with E-state index < -0.39 is 0 Å². The lowest BCUT2D eigenvalue weighted by Gasteiger charge is -2.22. The lowest BCUT2D eigenvalue weighted by atomic mass is 10.2. The second-order valence-corrected chi connectivity index (χ2v) is 4.33. The Morgan fingerprint density at radius 2 is 1.94 bits per heavy atom. The number of hydrogen-bond acceptors (Lipinski definition) is 2. The van der Waals surface area contributed by atoms with Gasteiger partial charge in [-0.3, -0.25) is 0 Å². The van der Waals surface area contributed by atoms with Crippen LogP contribution in [0.2, 0.25) is 0 Å². The maximum atomic E-state index is 13.7. The smallest absolute Gasteiger partial charge is 0.146 e. The number of aromatic nitrogens is 1. The van der Waals surface area contributed by atoms with Crippen molar-refractivity contribution in [1.82, 2.24) is 4.98 Å². The first kappa shape index (κ1) is 12.0. The van der Waals surface area contributed by atoms with Crippen molar-refractivity contribution >= 4 is 27.4 Å². The number of hydrogen-bond donors (Lipinski definition) is 0. The Bertz CT molecular complexity index is 516. The first-order valence-electron chi connectivity index (χ1n) is 5.37. The van der Waals surface area contributed by atoms with Crippen LogP contribution in [0.1, 0.15) is 6.92 Å². The third kappa shape index (κ3) is 2.64. The van der Waals surface area contributed by atoms with Crippen LogP contribution in [0.3, 0.4) is 0 Å². The van der Waals surface area contributed by atoms with Crippen molar-refractivity contribution in [3.8, 4) is 0 Å². The highest BCUT2D eigenvalue weighted by Crippen LogP contribution is 2.26. The van der Waals surface area contributed by atoms with Crippen LogP contribution in [0.4, 0.5) is 15.9 Å². The van der Waals surface area contributed by atoms with Gasteiger partial charge in [0.2, 0.25) is 0 Å². The number of pyridine rings is 1. The first-order chi connectivity index (χ1) is 8.22. The van der Waals surface area contributed by atoms with E-state index in [1.165, 1.54) is 6.07 Å². The molecule has 0 fully saturated rings. The summed E-state index contributed by atoms with van der Waals surface area (Å²) in [5, 5.41) is 0. The van der Waals surface area contributed by atoms with Crippen LogP contribution >= 0.6 is 15.9 Å². The van der Waals surface area contributed by atoms with Crippen molar-refractivity contribution in [2.24, 2.45) is 0 Å². The van der Waals surface area contributed by atoms with Gasteiger partial charge in [-0.15, -0.1) is 0 Å². The molecule has 2 rings (SSSR count). The van der Waals surface area contributed by atoms with Gasteiger partial charge in [-0.2, -0.15) is 0 Å². The van der Waals surface area contributed by atoms with Gasteiger partial charge in [0, 0.05) is 6.54 Å². The molecule has 17 heavy (non-hydrogen) atoms. The van der Waals surface area contributed by atoms with E-state index in [0.717, 1.165) is 10.4 Å². The molecule has 2 aromatic rings. The fraction of sp³-hybridized carbons (Fsp3) is 0.154. The van der Waals surface area contributed by atoms with Crippen LogP contribution in [0.5, 0.6) is 0 Å². The SMILES string of the molecule is CCN(c1cccc(Br)n1)c1ccccc1F. The minimum atomic E-state index is -0.240. The number of rotatable bonds is 3. The third-order valence-corrected chi connectivity index (χ3v) is 2.88. The molecule has 0 saturated heterocycles. The first-order valence-corrected chi connectivity index (χ1v) is 6.16. The molecule has 0 spiro atoms. The lowest BCUT2D eigenvalue weighted by molar-refractivity contribution is 0.625. The standard InChI is InChI=1S/C13H12BrFN2/c1-2-17(11-7-4-3-6-10(11)15)13-9-5-8-12(14)16-13/h3-9H,2H2,1H3. The van der Waals surface area contributed by atoms with Gasteiger partial charge in [0.1, 0.15) is 16.2 Å². The van der Waals surface area contributed by atoms with E-state index in [9.17, 15) is 4.39 Å². The molecule has 0 radical (unpaired) electrons. The molecular formula is C13H12BrFN2. The van der Waals surface area contributed by atoms with Crippen molar-refractivity contribution in [3.63, 3.8) is 0 Å². The van der Waals surface area contributed by atoms with Crippen molar-refractivity contribution in [1.29, 1.82) is 0 Å². The van der Waals surface area contributed by atoms with Crippen molar-refractivity contribution in [2.75, 3.05) is 11.4 Å². The zero-order valence-corrected chi connectivity index (χ0v) is 11.0. The highest BCUT2D eigenvalue weighted by atomic mass is 79.9. The Labute approximate surface area is 108 Å². The van der Waals surface area contributed by atoms with Crippen LogP contribution in [-0.2, 0) is 0 Å². The molecule has 1 aromatic carbocycles. The highest BCUT2D eigenvalue weighted by molar-refractivity contribution is 9.10. The zero-order chi connectivity index (χ0) is 12.3. The quantitative estimate of drug-likeness (QED) is 0.791. The summed E-state index contributed by atoms with van der Waals surface area (Å²) >= 11 is 3.32. The predicted octanol–water partition coefficient (Wildman–Crippen LogP) is 4.14. The maximum Gasteiger partial charge on any atom is 0.146 e. The molecule has 88 valence electrons. The van der Waals surface area contributed by atoms with E-state index in [-0.39, 0.29) is 5.82 Å². The third-order valence-electron chi connectivity index (χ3n) is 2.44. The normalized spacial score (nSPS) is 10.3. The van der Waals surface area contributed by atoms with Crippen LogP contribution in [0.15, 0.2) is 47.1 Å². The molecule has 1 heterocycles. The van der Waals surface area contributed by atoms with E-state index >= 15 is 0 Å². The number of benzene rings is 1. The number of para-hydroxylation sites is 1. The average Bonchev–Trinajstić information content (AvgIpc) is 2.33. The summed E-state index contributed by atoms with van der Waals surface area (Å²) in [4.78, 5) is 6.17. The molecule has 0 aliphatic carbocycles. The molecule has 0 atom stereocenters. The van der Waals surface area contributed by atoms with Crippen LogP contribution < -0.4 is 4.90 Å². The summed E-state index contributed by atoms with van der Waals surface area (Å²) in [6.45, 7) is 2.62. The average molecular weight is 295 g/mol. The summed E-state index contributed by atoms with van der Waals surface area (Å²) in [6, 6.07) is 12.3. The maximum absolute atomic E-state index is 13.7. The largest absolute Gasteiger partial charge is 0.324 e. The molecule has 4 heteroatoms. The summed E-state index contributed by atoms with van der Waals surface area (Å²) in [6.07, 6.45) is 0. The Balaban J connectivity index is 2.44. The van der Waals surface area contributed by atoms with Gasteiger partial charge in [0.25, 0.3) is 0 Å². The monoisotopic (exact) mass is 294 g/mol.